The second-order valence-electron chi connectivity index (χ2n) is 4.21. The van der Waals surface area contributed by atoms with Gasteiger partial charge in [-0.3, -0.25) is 4.79 Å². The Morgan fingerprint density at radius 1 is 1.16 bits per heavy atom. The number of pyridine rings is 1. The molecule has 1 atom stereocenters. The fourth-order valence-corrected chi connectivity index (χ4v) is 1.97. The molecule has 0 aliphatic carbocycles. The van der Waals surface area contributed by atoms with E-state index in [1.165, 1.54) is 17.7 Å². The van der Waals surface area contributed by atoms with Gasteiger partial charge in [0.2, 0.25) is 0 Å². The van der Waals surface area contributed by atoms with E-state index >= 15 is 0 Å². The monoisotopic (exact) mass is 257 g/mol. The summed E-state index contributed by atoms with van der Waals surface area (Å²) < 4.78 is 6.13. The SMILES string of the molecule is COC(=O)c1cccn(C(C)c2ccccc2)c1=O. The molecule has 1 unspecified atom stereocenters. The minimum Gasteiger partial charge on any atom is -0.465 e. The lowest BCUT2D eigenvalue weighted by atomic mass is 10.1. The summed E-state index contributed by atoms with van der Waals surface area (Å²) in [7, 11) is 1.26. The Kier molecular flexibility index (Phi) is 3.80. The fraction of sp³-hybridized carbons (Fsp3) is 0.200. The van der Waals surface area contributed by atoms with Crippen molar-refractivity contribution in [2.24, 2.45) is 0 Å². The molecule has 2 aromatic rings. The third kappa shape index (κ3) is 2.57. The normalized spacial score (nSPS) is 11.9. The first kappa shape index (κ1) is 13.1. The summed E-state index contributed by atoms with van der Waals surface area (Å²) in [6.07, 6.45) is 1.67. The minimum absolute atomic E-state index is 0.0489. The zero-order chi connectivity index (χ0) is 13.8. The molecule has 0 radical (unpaired) electrons. The van der Waals surface area contributed by atoms with Crippen molar-refractivity contribution < 1.29 is 9.53 Å². The predicted molar refractivity (Wildman–Crippen MR) is 72.3 cm³/mol. The summed E-state index contributed by atoms with van der Waals surface area (Å²) in [6.45, 7) is 1.91. The van der Waals surface area contributed by atoms with E-state index in [4.69, 9.17) is 0 Å². The van der Waals surface area contributed by atoms with Crippen LogP contribution in [0.2, 0.25) is 0 Å². The Morgan fingerprint density at radius 3 is 2.47 bits per heavy atom. The Labute approximate surface area is 111 Å². The maximum absolute atomic E-state index is 12.2. The minimum atomic E-state index is -0.611. The molecule has 98 valence electrons. The van der Waals surface area contributed by atoms with Crippen molar-refractivity contribution in [3.63, 3.8) is 0 Å². The molecule has 2 rings (SSSR count). The summed E-state index contributed by atoms with van der Waals surface area (Å²) in [4.78, 5) is 23.8. The number of carbonyl (C=O) groups is 1. The van der Waals surface area contributed by atoms with Crippen LogP contribution < -0.4 is 5.56 Å². The van der Waals surface area contributed by atoms with Crippen LogP contribution in [0.1, 0.15) is 28.9 Å². The largest absolute Gasteiger partial charge is 0.465 e. The van der Waals surface area contributed by atoms with Gasteiger partial charge in [-0.15, -0.1) is 0 Å². The summed E-state index contributed by atoms with van der Waals surface area (Å²) >= 11 is 0. The maximum Gasteiger partial charge on any atom is 0.343 e. The van der Waals surface area contributed by atoms with E-state index in [-0.39, 0.29) is 17.2 Å². The van der Waals surface area contributed by atoms with Gasteiger partial charge in [-0.1, -0.05) is 30.3 Å². The van der Waals surface area contributed by atoms with Crippen molar-refractivity contribution >= 4 is 5.97 Å². The highest BCUT2D eigenvalue weighted by Gasteiger charge is 2.15. The molecule has 1 aromatic heterocycles. The third-order valence-electron chi connectivity index (χ3n) is 3.08. The third-order valence-corrected chi connectivity index (χ3v) is 3.08. The van der Waals surface area contributed by atoms with Crippen LogP contribution in [0.15, 0.2) is 53.5 Å². The van der Waals surface area contributed by atoms with E-state index in [2.05, 4.69) is 4.74 Å². The zero-order valence-electron chi connectivity index (χ0n) is 10.9. The first-order valence-corrected chi connectivity index (χ1v) is 5.99. The first-order valence-electron chi connectivity index (χ1n) is 5.99. The summed E-state index contributed by atoms with van der Waals surface area (Å²) in [5, 5.41) is 0. The fourth-order valence-electron chi connectivity index (χ4n) is 1.97. The van der Waals surface area contributed by atoms with Crippen molar-refractivity contribution in [1.82, 2.24) is 4.57 Å². The lowest BCUT2D eigenvalue weighted by Gasteiger charge is -2.16. The van der Waals surface area contributed by atoms with Gasteiger partial charge in [0.25, 0.3) is 5.56 Å². The lowest BCUT2D eigenvalue weighted by Crippen LogP contribution is -2.28. The number of nitrogens with zero attached hydrogens (tertiary/aromatic N) is 1. The number of rotatable bonds is 3. The highest BCUT2D eigenvalue weighted by Crippen LogP contribution is 2.15. The van der Waals surface area contributed by atoms with Gasteiger partial charge in [-0.05, 0) is 24.6 Å². The molecule has 0 spiro atoms. The molecule has 0 amide bonds. The average molecular weight is 257 g/mol. The summed E-state index contributed by atoms with van der Waals surface area (Å²) in [5.41, 5.74) is 0.713. The van der Waals surface area contributed by atoms with E-state index in [0.717, 1.165) is 5.56 Å². The molecule has 4 nitrogen and oxygen atoms in total. The smallest absolute Gasteiger partial charge is 0.343 e. The molecule has 19 heavy (non-hydrogen) atoms. The zero-order valence-corrected chi connectivity index (χ0v) is 10.9. The molecular formula is C15H15NO3. The van der Waals surface area contributed by atoms with Crippen LogP contribution >= 0.6 is 0 Å². The average Bonchev–Trinajstić information content (AvgIpc) is 2.47. The molecular weight excluding hydrogens is 242 g/mol. The molecule has 0 N–H and O–H groups in total. The van der Waals surface area contributed by atoms with Crippen LogP contribution in [0.4, 0.5) is 0 Å². The number of ether oxygens (including phenoxy) is 1. The first-order chi connectivity index (χ1) is 9.15. The van der Waals surface area contributed by atoms with Crippen molar-refractivity contribution in [1.29, 1.82) is 0 Å². The highest BCUT2D eigenvalue weighted by molar-refractivity contribution is 5.88. The van der Waals surface area contributed by atoms with Crippen LogP contribution in [-0.2, 0) is 4.74 Å². The van der Waals surface area contributed by atoms with Crippen LogP contribution in [0.3, 0.4) is 0 Å². The van der Waals surface area contributed by atoms with Crippen LogP contribution in [-0.4, -0.2) is 17.6 Å². The van der Waals surface area contributed by atoms with Crippen molar-refractivity contribution in [3.05, 3.63) is 70.1 Å². The second-order valence-corrected chi connectivity index (χ2v) is 4.21. The van der Waals surface area contributed by atoms with Gasteiger partial charge in [0, 0.05) is 6.20 Å². The number of esters is 1. The predicted octanol–water partition coefficient (Wildman–Crippen LogP) is 2.24. The molecule has 1 aromatic carbocycles. The quantitative estimate of drug-likeness (QED) is 0.792. The van der Waals surface area contributed by atoms with Crippen molar-refractivity contribution in [2.45, 2.75) is 13.0 Å². The molecule has 0 aliphatic rings. The molecule has 0 aliphatic heterocycles. The van der Waals surface area contributed by atoms with Gasteiger partial charge in [0.05, 0.1) is 13.2 Å². The Balaban J connectivity index is 2.47. The van der Waals surface area contributed by atoms with Gasteiger partial charge in [0.1, 0.15) is 5.56 Å². The molecule has 1 heterocycles. The van der Waals surface area contributed by atoms with E-state index in [9.17, 15) is 9.59 Å². The van der Waals surface area contributed by atoms with Crippen molar-refractivity contribution in [3.8, 4) is 0 Å². The number of hydrogen-bond acceptors (Lipinski definition) is 3. The number of benzene rings is 1. The topological polar surface area (TPSA) is 48.3 Å². The van der Waals surface area contributed by atoms with E-state index < -0.39 is 5.97 Å². The number of carbonyl (C=O) groups excluding carboxylic acids is 1. The van der Waals surface area contributed by atoms with Gasteiger partial charge in [-0.25, -0.2) is 4.79 Å². The van der Waals surface area contributed by atoms with E-state index in [1.54, 1.807) is 12.3 Å². The maximum atomic E-state index is 12.2. The molecule has 0 bridgehead atoms. The van der Waals surface area contributed by atoms with Gasteiger partial charge in [0.15, 0.2) is 0 Å². The summed E-state index contributed by atoms with van der Waals surface area (Å²) in [6, 6.07) is 12.7. The van der Waals surface area contributed by atoms with Crippen molar-refractivity contribution in [2.75, 3.05) is 7.11 Å². The van der Waals surface area contributed by atoms with Gasteiger partial charge < -0.3 is 9.30 Å². The number of hydrogen-bond donors (Lipinski definition) is 0. The highest BCUT2D eigenvalue weighted by atomic mass is 16.5. The molecule has 0 saturated carbocycles. The number of methoxy groups -OCH3 is 1. The molecule has 0 fully saturated rings. The Morgan fingerprint density at radius 2 is 1.84 bits per heavy atom. The standard InChI is InChI=1S/C15H15NO3/c1-11(12-7-4-3-5-8-12)16-10-6-9-13(14(16)17)15(18)19-2/h3-11H,1-2H3. The van der Waals surface area contributed by atoms with Gasteiger partial charge in [-0.2, -0.15) is 0 Å². The second kappa shape index (κ2) is 5.52. The van der Waals surface area contributed by atoms with Gasteiger partial charge >= 0.3 is 5.97 Å². The van der Waals surface area contributed by atoms with E-state index in [0.29, 0.717) is 0 Å². The lowest BCUT2D eigenvalue weighted by molar-refractivity contribution is 0.0598. The van der Waals surface area contributed by atoms with E-state index in [1.807, 2.05) is 37.3 Å². The number of aromatic nitrogens is 1. The van der Waals surface area contributed by atoms with Crippen LogP contribution in [0.5, 0.6) is 0 Å². The molecule has 0 saturated heterocycles. The Hall–Kier alpha value is -2.36. The Bertz CT molecular complexity index is 631. The summed E-state index contributed by atoms with van der Waals surface area (Å²) in [5.74, 6) is -0.611. The van der Waals surface area contributed by atoms with Crippen LogP contribution in [0, 0.1) is 0 Å². The van der Waals surface area contributed by atoms with Crippen LogP contribution in [0.25, 0.3) is 0 Å². The molecule has 4 heteroatoms.